The van der Waals surface area contributed by atoms with Crippen molar-refractivity contribution in [1.29, 1.82) is 0 Å². The van der Waals surface area contributed by atoms with E-state index in [-0.39, 0.29) is 18.2 Å². The molecule has 1 N–H and O–H groups in total. The molecular weight excluding hydrogens is 342 g/mol. The van der Waals surface area contributed by atoms with Crippen molar-refractivity contribution in [2.45, 2.75) is 25.5 Å². The molecule has 0 spiro atoms. The monoisotopic (exact) mass is 365 g/mol. The van der Waals surface area contributed by atoms with Gasteiger partial charge in [0.2, 0.25) is 11.8 Å². The van der Waals surface area contributed by atoms with Crippen LogP contribution in [0.1, 0.15) is 20.3 Å². The lowest BCUT2D eigenvalue weighted by Gasteiger charge is -2.13. The van der Waals surface area contributed by atoms with Crippen LogP contribution in [0.5, 0.6) is 11.5 Å². The molecule has 25 heavy (non-hydrogen) atoms. The Morgan fingerprint density at radius 2 is 2.00 bits per heavy atom. The number of hydrogen-bond acceptors (Lipinski definition) is 6. The van der Waals surface area contributed by atoms with Crippen LogP contribution in [0.2, 0.25) is 0 Å². The number of amidine groups is 1. The lowest BCUT2D eigenvalue weighted by atomic mass is 10.2. The molecule has 0 bridgehead atoms. The van der Waals surface area contributed by atoms with E-state index in [2.05, 4.69) is 10.3 Å². The Morgan fingerprint density at radius 1 is 1.28 bits per heavy atom. The molecule has 2 amide bonds. The lowest BCUT2D eigenvalue weighted by Crippen LogP contribution is -2.33. The third kappa shape index (κ3) is 4.45. The van der Waals surface area contributed by atoms with Gasteiger partial charge in [-0.25, -0.2) is 0 Å². The molecule has 1 aliphatic rings. The van der Waals surface area contributed by atoms with Gasteiger partial charge in [-0.1, -0.05) is 11.8 Å². The third-order valence-corrected chi connectivity index (χ3v) is 4.88. The minimum atomic E-state index is -0.439. The summed E-state index contributed by atoms with van der Waals surface area (Å²) in [5, 5.41) is 3.05. The van der Waals surface area contributed by atoms with Crippen LogP contribution in [-0.4, -0.2) is 54.4 Å². The molecule has 0 aromatic heterocycles. The fraction of sp³-hybridized carbons (Fsp3) is 0.471. The molecule has 0 radical (unpaired) electrons. The molecule has 7 nitrogen and oxygen atoms in total. The lowest BCUT2D eigenvalue weighted by molar-refractivity contribution is -0.128. The molecule has 0 saturated carbocycles. The molecule has 136 valence electrons. The Kier molecular flexibility index (Phi) is 6.69. The van der Waals surface area contributed by atoms with E-state index < -0.39 is 5.25 Å². The average Bonchev–Trinajstić information content (AvgIpc) is 2.89. The zero-order valence-electron chi connectivity index (χ0n) is 14.9. The number of rotatable bonds is 7. The van der Waals surface area contributed by atoms with Crippen molar-refractivity contribution in [3.63, 3.8) is 0 Å². The fourth-order valence-corrected chi connectivity index (χ4v) is 3.75. The third-order valence-electron chi connectivity index (χ3n) is 3.67. The number of ether oxygens (including phenoxy) is 2. The van der Waals surface area contributed by atoms with Crippen molar-refractivity contribution in [2.24, 2.45) is 4.99 Å². The van der Waals surface area contributed by atoms with E-state index in [1.165, 1.54) is 18.9 Å². The first-order valence-electron chi connectivity index (χ1n) is 8.08. The zero-order chi connectivity index (χ0) is 18.4. The van der Waals surface area contributed by atoms with Gasteiger partial charge < -0.3 is 14.8 Å². The highest BCUT2D eigenvalue weighted by molar-refractivity contribution is 8.15. The molecular formula is C17H23N3O4S. The number of thioether (sulfide) groups is 1. The maximum absolute atomic E-state index is 12.4. The summed E-state index contributed by atoms with van der Waals surface area (Å²) in [4.78, 5) is 30.7. The average molecular weight is 365 g/mol. The quantitative estimate of drug-likeness (QED) is 0.802. The Labute approximate surface area is 151 Å². The van der Waals surface area contributed by atoms with Crippen LogP contribution < -0.4 is 14.8 Å². The van der Waals surface area contributed by atoms with Gasteiger partial charge in [0.15, 0.2) is 16.7 Å². The van der Waals surface area contributed by atoms with Crippen molar-refractivity contribution in [3.05, 3.63) is 18.2 Å². The maximum atomic E-state index is 12.4. The van der Waals surface area contributed by atoms with Gasteiger partial charge in [0.25, 0.3) is 0 Å². The van der Waals surface area contributed by atoms with E-state index in [0.29, 0.717) is 35.4 Å². The number of anilines is 1. The summed E-state index contributed by atoms with van der Waals surface area (Å²) in [6.07, 6.45) is 0.0943. The predicted molar refractivity (Wildman–Crippen MR) is 99.5 cm³/mol. The zero-order valence-corrected chi connectivity index (χ0v) is 15.7. The van der Waals surface area contributed by atoms with Gasteiger partial charge in [-0.3, -0.25) is 19.5 Å². The summed E-state index contributed by atoms with van der Waals surface area (Å²) in [6, 6.07) is 5.13. The summed E-state index contributed by atoms with van der Waals surface area (Å²) in [5.74, 6) is 0.816. The Hall–Kier alpha value is -2.22. The van der Waals surface area contributed by atoms with Crippen LogP contribution >= 0.6 is 11.8 Å². The van der Waals surface area contributed by atoms with E-state index in [0.717, 1.165) is 0 Å². The van der Waals surface area contributed by atoms with Gasteiger partial charge in [0.05, 0.1) is 14.2 Å². The largest absolute Gasteiger partial charge is 0.493 e. The number of aliphatic imine (C=N–C) groups is 1. The van der Waals surface area contributed by atoms with E-state index in [9.17, 15) is 9.59 Å². The highest BCUT2D eigenvalue weighted by Gasteiger charge is 2.38. The second kappa shape index (κ2) is 8.75. The second-order valence-corrected chi connectivity index (χ2v) is 6.44. The minimum Gasteiger partial charge on any atom is -0.493 e. The molecule has 1 aromatic rings. The summed E-state index contributed by atoms with van der Waals surface area (Å²) in [7, 11) is 3.08. The fourth-order valence-electron chi connectivity index (χ4n) is 2.48. The van der Waals surface area contributed by atoms with Gasteiger partial charge in [-0.05, 0) is 26.0 Å². The number of nitrogens with zero attached hydrogens (tertiary/aromatic N) is 2. The molecule has 1 unspecified atom stereocenters. The minimum absolute atomic E-state index is 0.0674. The predicted octanol–water partition coefficient (Wildman–Crippen LogP) is 2.37. The summed E-state index contributed by atoms with van der Waals surface area (Å²) in [6.45, 7) is 4.98. The first kappa shape index (κ1) is 19.1. The topological polar surface area (TPSA) is 80.2 Å². The SMILES string of the molecule is CCN=C1SC(CC(=O)Nc2ccc(OC)c(OC)c2)C(=O)N1CC. The van der Waals surface area contributed by atoms with Gasteiger partial charge >= 0.3 is 0 Å². The second-order valence-electron chi connectivity index (χ2n) is 5.27. The molecule has 1 heterocycles. The number of carbonyl (C=O) groups is 2. The Morgan fingerprint density at radius 3 is 2.60 bits per heavy atom. The summed E-state index contributed by atoms with van der Waals surface area (Å²) < 4.78 is 10.4. The maximum Gasteiger partial charge on any atom is 0.242 e. The van der Waals surface area contributed by atoms with Crippen molar-refractivity contribution >= 4 is 34.4 Å². The molecule has 1 aliphatic heterocycles. The van der Waals surface area contributed by atoms with Crippen LogP contribution in [0.25, 0.3) is 0 Å². The van der Waals surface area contributed by atoms with Gasteiger partial charge in [-0.2, -0.15) is 0 Å². The van der Waals surface area contributed by atoms with Crippen molar-refractivity contribution in [1.82, 2.24) is 4.90 Å². The van der Waals surface area contributed by atoms with E-state index >= 15 is 0 Å². The number of nitrogens with one attached hydrogen (secondary N) is 1. The molecule has 0 aliphatic carbocycles. The van der Waals surface area contributed by atoms with E-state index in [4.69, 9.17) is 9.47 Å². The number of carbonyl (C=O) groups excluding carboxylic acids is 2. The van der Waals surface area contributed by atoms with E-state index in [1.54, 1.807) is 30.2 Å². The first-order chi connectivity index (χ1) is 12.0. The Balaban J connectivity index is 2.03. The summed E-state index contributed by atoms with van der Waals surface area (Å²) in [5.41, 5.74) is 0.591. The van der Waals surface area contributed by atoms with Crippen LogP contribution in [0.15, 0.2) is 23.2 Å². The molecule has 1 atom stereocenters. The van der Waals surface area contributed by atoms with Gasteiger partial charge in [0, 0.05) is 31.3 Å². The number of amides is 2. The highest BCUT2D eigenvalue weighted by atomic mass is 32.2. The van der Waals surface area contributed by atoms with Crippen molar-refractivity contribution in [2.75, 3.05) is 32.6 Å². The van der Waals surface area contributed by atoms with Crippen LogP contribution in [0.4, 0.5) is 5.69 Å². The number of methoxy groups -OCH3 is 2. The molecule has 1 saturated heterocycles. The summed E-state index contributed by atoms with van der Waals surface area (Å²) >= 11 is 1.35. The molecule has 1 fully saturated rings. The first-order valence-corrected chi connectivity index (χ1v) is 8.96. The van der Waals surface area contributed by atoms with Crippen LogP contribution in [-0.2, 0) is 9.59 Å². The number of hydrogen-bond donors (Lipinski definition) is 1. The van der Waals surface area contributed by atoms with Gasteiger partial charge in [0.1, 0.15) is 5.25 Å². The highest BCUT2D eigenvalue weighted by Crippen LogP contribution is 2.31. The van der Waals surface area contributed by atoms with Crippen LogP contribution in [0, 0.1) is 0 Å². The standard InChI is InChI=1S/C17H23N3O4S/c1-5-18-17-20(6-2)16(22)14(25-17)10-15(21)19-11-7-8-12(23-3)13(9-11)24-4/h7-9,14H,5-6,10H2,1-4H3,(H,19,21). The van der Waals surface area contributed by atoms with Crippen molar-refractivity contribution in [3.8, 4) is 11.5 Å². The van der Waals surface area contributed by atoms with Gasteiger partial charge in [-0.15, -0.1) is 0 Å². The Bertz CT molecular complexity index is 678. The van der Waals surface area contributed by atoms with E-state index in [1.807, 2.05) is 13.8 Å². The molecule has 2 rings (SSSR count). The molecule has 1 aromatic carbocycles. The smallest absolute Gasteiger partial charge is 0.242 e. The number of benzene rings is 1. The van der Waals surface area contributed by atoms with Crippen molar-refractivity contribution < 1.29 is 19.1 Å². The molecule has 8 heteroatoms. The normalized spacial score (nSPS) is 18.6. The van der Waals surface area contributed by atoms with Crippen LogP contribution in [0.3, 0.4) is 0 Å².